The van der Waals surface area contributed by atoms with Crippen molar-refractivity contribution in [1.29, 1.82) is 0 Å². The normalized spacial score (nSPS) is 10.2. The molecule has 0 fully saturated rings. The minimum atomic E-state index is -0.413. The Bertz CT molecular complexity index is 519. The molecule has 0 bridgehead atoms. The van der Waals surface area contributed by atoms with Crippen LogP contribution in [0.3, 0.4) is 0 Å². The number of benzene rings is 1. The van der Waals surface area contributed by atoms with Gasteiger partial charge in [0, 0.05) is 35.6 Å². The van der Waals surface area contributed by atoms with Crippen molar-refractivity contribution in [3.8, 4) is 0 Å². The van der Waals surface area contributed by atoms with Gasteiger partial charge in [0.1, 0.15) is 0 Å². The highest BCUT2D eigenvalue weighted by atomic mass is 16.6. The maximum absolute atomic E-state index is 10.5. The molecular formula is C11H12N4O2. The van der Waals surface area contributed by atoms with Crippen LogP contribution in [0.25, 0.3) is 0 Å². The lowest BCUT2D eigenvalue weighted by molar-refractivity contribution is -0.384. The second-order valence-corrected chi connectivity index (χ2v) is 3.68. The van der Waals surface area contributed by atoms with Crippen LogP contribution < -0.4 is 5.32 Å². The third-order valence-corrected chi connectivity index (χ3v) is 2.50. The van der Waals surface area contributed by atoms with E-state index in [9.17, 15) is 10.1 Å². The zero-order valence-electron chi connectivity index (χ0n) is 9.30. The van der Waals surface area contributed by atoms with E-state index in [0.717, 1.165) is 16.9 Å². The summed E-state index contributed by atoms with van der Waals surface area (Å²) in [5, 5.41) is 20.4. The molecule has 0 aliphatic heterocycles. The number of hydrogen-bond acceptors (Lipinski definition) is 4. The van der Waals surface area contributed by atoms with Crippen LogP contribution in [0.5, 0.6) is 0 Å². The van der Waals surface area contributed by atoms with Crippen molar-refractivity contribution in [2.75, 3.05) is 5.32 Å². The Balaban J connectivity index is 2.00. The van der Waals surface area contributed by atoms with E-state index in [1.165, 1.54) is 12.1 Å². The molecule has 2 aromatic rings. The minimum Gasteiger partial charge on any atom is -0.381 e. The fraction of sp³-hybridized carbons (Fsp3) is 0.182. The fourth-order valence-electron chi connectivity index (χ4n) is 1.45. The molecule has 1 heterocycles. The van der Waals surface area contributed by atoms with Gasteiger partial charge in [0.05, 0.1) is 11.1 Å². The summed E-state index contributed by atoms with van der Waals surface area (Å²) in [6, 6.07) is 6.33. The van der Waals surface area contributed by atoms with Gasteiger partial charge in [0.15, 0.2) is 0 Å². The number of aromatic nitrogens is 2. The molecule has 2 rings (SSSR count). The van der Waals surface area contributed by atoms with Crippen molar-refractivity contribution < 1.29 is 4.92 Å². The SMILES string of the molecule is Cc1[nH]ncc1CNc1ccc([N+](=O)[O-])cc1. The second kappa shape index (κ2) is 4.65. The molecule has 1 aromatic heterocycles. The van der Waals surface area contributed by atoms with Crippen LogP contribution >= 0.6 is 0 Å². The smallest absolute Gasteiger partial charge is 0.269 e. The largest absolute Gasteiger partial charge is 0.381 e. The topological polar surface area (TPSA) is 83.8 Å². The van der Waals surface area contributed by atoms with Gasteiger partial charge in [-0.1, -0.05) is 0 Å². The zero-order valence-corrected chi connectivity index (χ0v) is 9.30. The van der Waals surface area contributed by atoms with Crippen molar-refractivity contribution in [2.45, 2.75) is 13.5 Å². The second-order valence-electron chi connectivity index (χ2n) is 3.68. The molecule has 6 nitrogen and oxygen atoms in total. The van der Waals surface area contributed by atoms with E-state index in [0.29, 0.717) is 6.54 Å². The molecule has 0 amide bonds. The molecule has 0 saturated heterocycles. The Labute approximate surface area is 97.8 Å². The van der Waals surface area contributed by atoms with Gasteiger partial charge in [-0.05, 0) is 19.1 Å². The Kier molecular flexibility index (Phi) is 3.04. The van der Waals surface area contributed by atoms with Gasteiger partial charge in [-0.15, -0.1) is 0 Å². The molecule has 88 valence electrons. The van der Waals surface area contributed by atoms with E-state index in [1.807, 2.05) is 6.92 Å². The predicted octanol–water partition coefficient (Wildman–Crippen LogP) is 2.24. The first-order valence-electron chi connectivity index (χ1n) is 5.14. The van der Waals surface area contributed by atoms with Crippen LogP contribution in [0.4, 0.5) is 11.4 Å². The number of aromatic amines is 1. The Morgan fingerprint density at radius 2 is 2.12 bits per heavy atom. The van der Waals surface area contributed by atoms with Gasteiger partial charge in [-0.3, -0.25) is 15.2 Å². The number of nitro benzene ring substituents is 1. The number of nitrogens with one attached hydrogen (secondary N) is 2. The van der Waals surface area contributed by atoms with E-state index in [-0.39, 0.29) is 5.69 Å². The van der Waals surface area contributed by atoms with Gasteiger partial charge in [-0.2, -0.15) is 5.10 Å². The van der Waals surface area contributed by atoms with Crippen molar-refractivity contribution >= 4 is 11.4 Å². The van der Waals surface area contributed by atoms with Crippen molar-refractivity contribution in [3.63, 3.8) is 0 Å². The lowest BCUT2D eigenvalue weighted by Crippen LogP contribution is -1.99. The molecule has 0 spiro atoms. The summed E-state index contributed by atoms with van der Waals surface area (Å²) in [5.74, 6) is 0. The van der Waals surface area contributed by atoms with Crippen LogP contribution in [0.1, 0.15) is 11.3 Å². The molecule has 0 radical (unpaired) electrons. The van der Waals surface area contributed by atoms with Gasteiger partial charge < -0.3 is 5.32 Å². The van der Waals surface area contributed by atoms with Crippen LogP contribution in [0.15, 0.2) is 30.5 Å². The van der Waals surface area contributed by atoms with Crippen molar-refractivity contribution in [2.24, 2.45) is 0 Å². The third-order valence-electron chi connectivity index (χ3n) is 2.50. The summed E-state index contributed by atoms with van der Waals surface area (Å²) in [5.41, 5.74) is 3.02. The molecule has 0 aliphatic rings. The molecule has 6 heteroatoms. The standard InChI is InChI=1S/C11H12N4O2/c1-8-9(7-13-14-8)6-12-10-2-4-11(5-3-10)15(16)17/h2-5,7,12H,6H2,1H3,(H,13,14). The molecule has 0 aliphatic carbocycles. The van der Waals surface area contributed by atoms with E-state index in [4.69, 9.17) is 0 Å². The summed E-state index contributed by atoms with van der Waals surface area (Å²) in [6.45, 7) is 2.58. The highest BCUT2D eigenvalue weighted by Crippen LogP contribution is 2.16. The van der Waals surface area contributed by atoms with Crippen LogP contribution in [0, 0.1) is 17.0 Å². The minimum absolute atomic E-state index is 0.0926. The van der Waals surface area contributed by atoms with Gasteiger partial charge in [0.2, 0.25) is 0 Å². The molecular weight excluding hydrogens is 220 g/mol. The quantitative estimate of drug-likeness (QED) is 0.625. The maximum atomic E-state index is 10.5. The summed E-state index contributed by atoms with van der Waals surface area (Å²) < 4.78 is 0. The van der Waals surface area contributed by atoms with Crippen LogP contribution in [0.2, 0.25) is 0 Å². The Morgan fingerprint density at radius 1 is 1.41 bits per heavy atom. The highest BCUT2D eigenvalue weighted by molar-refractivity contribution is 5.48. The van der Waals surface area contributed by atoms with E-state index in [1.54, 1.807) is 18.3 Å². The molecule has 0 atom stereocenters. The number of nitrogens with zero attached hydrogens (tertiary/aromatic N) is 2. The number of non-ortho nitro benzene ring substituents is 1. The summed E-state index contributed by atoms with van der Waals surface area (Å²) in [4.78, 5) is 10.1. The number of aryl methyl sites for hydroxylation is 1. The third kappa shape index (κ3) is 2.60. The highest BCUT2D eigenvalue weighted by Gasteiger charge is 2.04. The molecule has 0 unspecified atom stereocenters. The molecule has 1 aromatic carbocycles. The first-order chi connectivity index (χ1) is 8.16. The number of nitro groups is 1. The Morgan fingerprint density at radius 3 is 2.65 bits per heavy atom. The predicted molar refractivity (Wildman–Crippen MR) is 63.7 cm³/mol. The first kappa shape index (κ1) is 11.1. The molecule has 2 N–H and O–H groups in total. The number of anilines is 1. The van der Waals surface area contributed by atoms with Gasteiger partial charge in [-0.25, -0.2) is 0 Å². The molecule has 17 heavy (non-hydrogen) atoms. The van der Waals surface area contributed by atoms with Crippen LogP contribution in [-0.2, 0) is 6.54 Å². The number of H-pyrrole nitrogens is 1. The van der Waals surface area contributed by atoms with E-state index < -0.39 is 4.92 Å². The lowest BCUT2D eigenvalue weighted by Gasteiger charge is -2.04. The van der Waals surface area contributed by atoms with Gasteiger partial charge >= 0.3 is 0 Å². The van der Waals surface area contributed by atoms with Gasteiger partial charge in [0.25, 0.3) is 5.69 Å². The summed E-state index contributed by atoms with van der Waals surface area (Å²) in [7, 11) is 0. The van der Waals surface area contributed by atoms with E-state index >= 15 is 0 Å². The monoisotopic (exact) mass is 232 g/mol. The molecule has 0 saturated carbocycles. The van der Waals surface area contributed by atoms with E-state index in [2.05, 4.69) is 15.5 Å². The Hall–Kier alpha value is -2.37. The first-order valence-corrected chi connectivity index (χ1v) is 5.14. The number of hydrogen-bond donors (Lipinski definition) is 2. The maximum Gasteiger partial charge on any atom is 0.269 e. The lowest BCUT2D eigenvalue weighted by atomic mass is 10.2. The summed E-state index contributed by atoms with van der Waals surface area (Å²) >= 11 is 0. The van der Waals surface area contributed by atoms with Crippen LogP contribution in [-0.4, -0.2) is 15.1 Å². The van der Waals surface area contributed by atoms with Crippen molar-refractivity contribution in [3.05, 3.63) is 51.8 Å². The zero-order chi connectivity index (χ0) is 12.3. The average Bonchev–Trinajstić information content (AvgIpc) is 2.73. The number of rotatable bonds is 4. The average molecular weight is 232 g/mol. The summed E-state index contributed by atoms with van der Waals surface area (Å²) in [6.07, 6.45) is 1.76. The fourth-order valence-corrected chi connectivity index (χ4v) is 1.45. The van der Waals surface area contributed by atoms with Crippen molar-refractivity contribution in [1.82, 2.24) is 10.2 Å².